The molecular formula is C16H26N2O3. The molecule has 0 saturated heterocycles. The summed E-state index contributed by atoms with van der Waals surface area (Å²) in [6.45, 7) is 5.80. The van der Waals surface area contributed by atoms with Gasteiger partial charge in [-0.1, -0.05) is 0 Å². The van der Waals surface area contributed by atoms with Crippen molar-refractivity contribution >= 4 is 11.6 Å². The molecular weight excluding hydrogens is 268 g/mol. The fourth-order valence-electron chi connectivity index (χ4n) is 1.84. The third-order valence-electron chi connectivity index (χ3n) is 3.10. The number of ether oxygens (including phenoxy) is 1. The first-order chi connectivity index (χ1) is 10.0. The van der Waals surface area contributed by atoms with Gasteiger partial charge in [0.25, 0.3) is 0 Å². The SMILES string of the molecule is CCOc1ccc(NC(=O)CCN(C)CCC(C)O)cc1. The first-order valence-electron chi connectivity index (χ1n) is 7.40. The summed E-state index contributed by atoms with van der Waals surface area (Å²) < 4.78 is 5.35. The molecule has 5 heteroatoms. The van der Waals surface area contributed by atoms with Gasteiger partial charge in [0.15, 0.2) is 0 Å². The van der Waals surface area contributed by atoms with Crippen LogP contribution in [0, 0.1) is 0 Å². The topological polar surface area (TPSA) is 61.8 Å². The van der Waals surface area contributed by atoms with E-state index in [0.717, 1.165) is 24.4 Å². The molecule has 0 heterocycles. The molecule has 21 heavy (non-hydrogen) atoms. The lowest BCUT2D eigenvalue weighted by molar-refractivity contribution is -0.116. The summed E-state index contributed by atoms with van der Waals surface area (Å²) in [6.07, 6.45) is 0.852. The Labute approximate surface area is 126 Å². The summed E-state index contributed by atoms with van der Waals surface area (Å²) >= 11 is 0. The predicted molar refractivity (Wildman–Crippen MR) is 84.7 cm³/mol. The van der Waals surface area contributed by atoms with Gasteiger partial charge >= 0.3 is 0 Å². The minimum atomic E-state index is -0.301. The first-order valence-corrected chi connectivity index (χ1v) is 7.40. The number of aliphatic hydroxyl groups excluding tert-OH is 1. The molecule has 1 rings (SSSR count). The second kappa shape index (κ2) is 9.37. The van der Waals surface area contributed by atoms with Gasteiger partial charge in [0.1, 0.15) is 5.75 Å². The number of carbonyl (C=O) groups excluding carboxylic acids is 1. The molecule has 2 N–H and O–H groups in total. The molecule has 118 valence electrons. The van der Waals surface area contributed by atoms with Crippen LogP contribution in [0.25, 0.3) is 0 Å². The molecule has 5 nitrogen and oxygen atoms in total. The van der Waals surface area contributed by atoms with Crippen LogP contribution in [0.5, 0.6) is 5.75 Å². The Morgan fingerprint density at radius 3 is 2.57 bits per heavy atom. The van der Waals surface area contributed by atoms with E-state index in [0.29, 0.717) is 19.6 Å². The second-order valence-corrected chi connectivity index (χ2v) is 5.20. The van der Waals surface area contributed by atoms with E-state index < -0.39 is 0 Å². The molecule has 0 aromatic heterocycles. The van der Waals surface area contributed by atoms with Crippen molar-refractivity contribution in [1.29, 1.82) is 0 Å². The van der Waals surface area contributed by atoms with E-state index in [1.807, 2.05) is 43.1 Å². The highest BCUT2D eigenvalue weighted by Crippen LogP contribution is 2.15. The Morgan fingerprint density at radius 2 is 2.00 bits per heavy atom. The summed E-state index contributed by atoms with van der Waals surface area (Å²) in [7, 11) is 1.95. The van der Waals surface area contributed by atoms with Crippen LogP contribution in [0.4, 0.5) is 5.69 Å². The number of hydrogen-bond donors (Lipinski definition) is 2. The van der Waals surface area contributed by atoms with E-state index in [2.05, 4.69) is 5.32 Å². The molecule has 0 aliphatic carbocycles. The fourth-order valence-corrected chi connectivity index (χ4v) is 1.84. The van der Waals surface area contributed by atoms with Crippen LogP contribution < -0.4 is 10.1 Å². The van der Waals surface area contributed by atoms with E-state index in [1.54, 1.807) is 6.92 Å². The maximum absolute atomic E-state index is 11.8. The van der Waals surface area contributed by atoms with Crippen LogP contribution in [-0.4, -0.2) is 48.8 Å². The van der Waals surface area contributed by atoms with Crippen molar-refractivity contribution in [2.45, 2.75) is 32.8 Å². The van der Waals surface area contributed by atoms with Crippen LogP contribution in [0.3, 0.4) is 0 Å². The quantitative estimate of drug-likeness (QED) is 0.732. The summed E-state index contributed by atoms with van der Waals surface area (Å²) in [5, 5.41) is 12.1. The van der Waals surface area contributed by atoms with Crippen LogP contribution in [0.2, 0.25) is 0 Å². The summed E-state index contributed by atoms with van der Waals surface area (Å²) in [6, 6.07) is 7.35. The number of carbonyl (C=O) groups is 1. The average molecular weight is 294 g/mol. The number of hydrogen-bond acceptors (Lipinski definition) is 4. The molecule has 1 atom stereocenters. The highest BCUT2D eigenvalue weighted by atomic mass is 16.5. The summed E-state index contributed by atoms with van der Waals surface area (Å²) in [4.78, 5) is 13.9. The van der Waals surface area contributed by atoms with Gasteiger partial charge in [-0.2, -0.15) is 0 Å². The van der Waals surface area contributed by atoms with Crippen LogP contribution >= 0.6 is 0 Å². The van der Waals surface area contributed by atoms with E-state index in [9.17, 15) is 9.90 Å². The Balaban J connectivity index is 2.29. The largest absolute Gasteiger partial charge is 0.494 e. The Hall–Kier alpha value is -1.59. The van der Waals surface area contributed by atoms with Crippen LogP contribution in [0.15, 0.2) is 24.3 Å². The van der Waals surface area contributed by atoms with Crippen LogP contribution in [-0.2, 0) is 4.79 Å². The number of amides is 1. The molecule has 0 bridgehead atoms. The molecule has 1 aromatic rings. The van der Waals surface area contributed by atoms with Crippen molar-refractivity contribution in [2.24, 2.45) is 0 Å². The van der Waals surface area contributed by atoms with Crippen molar-refractivity contribution in [3.05, 3.63) is 24.3 Å². The third-order valence-corrected chi connectivity index (χ3v) is 3.10. The number of rotatable bonds is 9. The number of anilines is 1. The van der Waals surface area contributed by atoms with Gasteiger partial charge in [0.05, 0.1) is 12.7 Å². The van der Waals surface area contributed by atoms with E-state index >= 15 is 0 Å². The smallest absolute Gasteiger partial charge is 0.225 e. The lowest BCUT2D eigenvalue weighted by atomic mass is 10.2. The lowest BCUT2D eigenvalue weighted by Gasteiger charge is -2.17. The van der Waals surface area contributed by atoms with E-state index in [1.165, 1.54) is 0 Å². The number of aliphatic hydroxyl groups is 1. The van der Waals surface area contributed by atoms with Crippen molar-refractivity contribution in [2.75, 3.05) is 32.1 Å². The molecule has 0 spiro atoms. The number of nitrogens with zero attached hydrogens (tertiary/aromatic N) is 1. The van der Waals surface area contributed by atoms with Gasteiger partial charge < -0.3 is 20.1 Å². The molecule has 0 radical (unpaired) electrons. The maximum atomic E-state index is 11.8. The van der Waals surface area contributed by atoms with Crippen molar-refractivity contribution in [1.82, 2.24) is 4.90 Å². The lowest BCUT2D eigenvalue weighted by Crippen LogP contribution is -2.26. The van der Waals surface area contributed by atoms with Gasteiger partial charge in [-0.05, 0) is 51.6 Å². The van der Waals surface area contributed by atoms with Crippen LogP contribution in [0.1, 0.15) is 26.7 Å². The zero-order chi connectivity index (χ0) is 15.7. The molecule has 0 saturated carbocycles. The minimum Gasteiger partial charge on any atom is -0.494 e. The standard InChI is InChI=1S/C16H26N2O3/c1-4-21-15-7-5-14(6-8-15)17-16(20)10-12-18(3)11-9-13(2)19/h5-8,13,19H,4,9-12H2,1-3H3,(H,17,20). The summed E-state index contributed by atoms with van der Waals surface area (Å²) in [5.74, 6) is 0.788. The van der Waals surface area contributed by atoms with Gasteiger partial charge in [0.2, 0.25) is 5.91 Å². The number of benzene rings is 1. The fraction of sp³-hybridized carbons (Fsp3) is 0.562. The normalized spacial score (nSPS) is 12.2. The third kappa shape index (κ3) is 7.68. The van der Waals surface area contributed by atoms with E-state index in [4.69, 9.17) is 4.74 Å². The van der Waals surface area contributed by atoms with Gasteiger partial charge in [-0.3, -0.25) is 4.79 Å². The predicted octanol–water partition coefficient (Wildman–Crippen LogP) is 2.12. The monoisotopic (exact) mass is 294 g/mol. The second-order valence-electron chi connectivity index (χ2n) is 5.20. The van der Waals surface area contributed by atoms with Crippen molar-refractivity contribution in [3.63, 3.8) is 0 Å². The van der Waals surface area contributed by atoms with Gasteiger partial charge in [-0.15, -0.1) is 0 Å². The molecule has 0 aliphatic rings. The highest BCUT2D eigenvalue weighted by Gasteiger charge is 2.06. The molecule has 1 aromatic carbocycles. The van der Waals surface area contributed by atoms with Crippen molar-refractivity contribution in [3.8, 4) is 5.75 Å². The molecule has 0 aliphatic heterocycles. The maximum Gasteiger partial charge on any atom is 0.225 e. The average Bonchev–Trinajstić information content (AvgIpc) is 2.45. The zero-order valence-corrected chi connectivity index (χ0v) is 13.1. The highest BCUT2D eigenvalue weighted by molar-refractivity contribution is 5.90. The number of nitrogens with one attached hydrogen (secondary N) is 1. The van der Waals surface area contributed by atoms with Crippen molar-refractivity contribution < 1.29 is 14.6 Å². The zero-order valence-electron chi connectivity index (χ0n) is 13.1. The Morgan fingerprint density at radius 1 is 1.33 bits per heavy atom. The minimum absolute atomic E-state index is 0.0111. The molecule has 1 unspecified atom stereocenters. The Kier molecular flexibility index (Phi) is 7.79. The van der Waals surface area contributed by atoms with Gasteiger partial charge in [0, 0.05) is 25.2 Å². The first kappa shape index (κ1) is 17.5. The summed E-state index contributed by atoms with van der Waals surface area (Å²) in [5.41, 5.74) is 0.773. The van der Waals surface area contributed by atoms with Gasteiger partial charge in [-0.25, -0.2) is 0 Å². The molecule has 0 fully saturated rings. The van der Waals surface area contributed by atoms with E-state index in [-0.39, 0.29) is 12.0 Å². The Bertz CT molecular complexity index is 418. The molecule has 1 amide bonds.